The van der Waals surface area contributed by atoms with E-state index < -0.39 is 45.1 Å². The molecule has 1 aliphatic rings. The highest BCUT2D eigenvalue weighted by Gasteiger charge is 2.52. The molecule has 0 saturated carbocycles. The highest BCUT2D eigenvalue weighted by atomic mass is 31.1. The van der Waals surface area contributed by atoms with Crippen molar-refractivity contribution < 1.29 is 46.0 Å². The van der Waals surface area contributed by atoms with Crippen molar-refractivity contribution in [3.05, 3.63) is 46.7 Å². The fourth-order valence-electron chi connectivity index (χ4n) is 3.64. The van der Waals surface area contributed by atoms with E-state index in [-0.39, 0.29) is 19.0 Å². The Kier molecular flexibility index (Phi) is 7.48. The monoisotopic (exact) mass is 527 g/mol. The van der Waals surface area contributed by atoms with Gasteiger partial charge in [-0.2, -0.15) is 4.98 Å². The predicted molar refractivity (Wildman–Crippen MR) is 119 cm³/mol. The highest BCUT2D eigenvalue weighted by molar-refractivity contribution is 7.17. The molecule has 3 aromatic rings. The van der Waals surface area contributed by atoms with Crippen LogP contribution in [0.15, 0.2) is 39.7 Å². The van der Waals surface area contributed by atoms with Gasteiger partial charge in [0.15, 0.2) is 17.9 Å². The summed E-state index contributed by atoms with van der Waals surface area (Å²) in [6.07, 6.45) is -3.67. The van der Waals surface area contributed by atoms with Crippen LogP contribution in [0.25, 0.3) is 11.0 Å². The molecule has 2 aromatic heterocycles. The third-order valence-electron chi connectivity index (χ3n) is 5.22. The lowest BCUT2D eigenvalue weighted by Crippen LogP contribution is -2.35. The van der Waals surface area contributed by atoms with Gasteiger partial charge in [-0.05, 0) is 18.2 Å². The number of ether oxygens (including phenoxy) is 4. The van der Waals surface area contributed by atoms with Crippen LogP contribution in [0, 0.1) is 0 Å². The van der Waals surface area contributed by atoms with Crippen LogP contribution in [-0.4, -0.2) is 48.5 Å². The van der Waals surface area contributed by atoms with Gasteiger partial charge < -0.3 is 23.4 Å². The first kappa shape index (κ1) is 25.5. The van der Waals surface area contributed by atoms with E-state index >= 15 is 0 Å². The number of furan rings is 1. The van der Waals surface area contributed by atoms with Crippen LogP contribution in [0.4, 0.5) is 19.4 Å². The summed E-state index contributed by atoms with van der Waals surface area (Å²) in [7, 11) is 2.31. The van der Waals surface area contributed by atoms with E-state index in [0.717, 1.165) is 12.3 Å². The maximum atomic E-state index is 14.3. The SMILES string of the molecule is COc1cc(OC)c2oc(COC(=O)Nc3ccn([C@@H]4O[C@H](COP=O)CC4(F)F)c(=O)n3)cc2c1. The van der Waals surface area contributed by atoms with Crippen LogP contribution in [0.5, 0.6) is 11.5 Å². The maximum absolute atomic E-state index is 14.3. The number of nitrogens with one attached hydrogen (secondary N) is 1. The van der Waals surface area contributed by atoms with E-state index in [9.17, 15) is 22.9 Å². The standard InChI is InChI=1S/C21H20F2N3O9P/c1-30-12-5-11-6-13(34-17(11)15(7-12)31-2)9-32-20(28)25-16-3-4-26(19(27)24-16)18-21(22,23)8-14(35-18)10-33-36-29/h3-7,14,18H,8-10H2,1-2H3,(H,24,25,27,28)/t14-,18+/m0/s1. The molecule has 0 radical (unpaired) electrons. The van der Waals surface area contributed by atoms with E-state index in [2.05, 4.69) is 14.8 Å². The molecule has 15 heteroatoms. The topological polar surface area (TPSA) is 140 Å². The number of hydrogen-bond donors (Lipinski definition) is 1. The zero-order chi connectivity index (χ0) is 25.9. The van der Waals surface area contributed by atoms with Crippen LogP contribution in [0.1, 0.15) is 18.4 Å². The van der Waals surface area contributed by atoms with E-state index in [1.807, 2.05) is 0 Å². The Labute approximate surface area is 203 Å². The molecule has 36 heavy (non-hydrogen) atoms. The molecule has 0 bridgehead atoms. The number of carbonyl (C=O) groups is 1. The minimum atomic E-state index is -3.40. The Morgan fingerprint density at radius 1 is 1.31 bits per heavy atom. The lowest BCUT2D eigenvalue weighted by Gasteiger charge is -2.19. The average molecular weight is 527 g/mol. The maximum Gasteiger partial charge on any atom is 0.413 e. The number of hydrogen-bond acceptors (Lipinski definition) is 10. The molecule has 12 nitrogen and oxygen atoms in total. The normalized spacial score (nSPS) is 18.9. The summed E-state index contributed by atoms with van der Waals surface area (Å²) >= 11 is 0. The summed E-state index contributed by atoms with van der Waals surface area (Å²) in [6.45, 7) is -0.589. The number of amides is 1. The summed E-state index contributed by atoms with van der Waals surface area (Å²) in [6, 6.07) is 6.15. The Bertz CT molecular complexity index is 1330. The third-order valence-corrected chi connectivity index (χ3v) is 5.47. The lowest BCUT2D eigenvalue weighted by atomic mass is 10.2. The fourth-order valence-corrected chi connectivity index (χ4v) is 3.87. The summed E-state index contributed by atoms with van der Waals surface area (Å²) in [4.78, 5) is 28.1. The molecule has 0 unspecified atom stereocenters. The lowest BCUT2D eigenvalue weighted by molar-refractivity contribution is -0.119. The van der Waals surface area contributed by atoms with Crippen molar-refractivity contribution in [1.82, 2.24) is 9.55 Å². The Hall–Kier alpha value is -3.61. The molecule has 1 aromatic carbocycles. The molecule has 1 amide bonds. The minimum absolute atomic E-state index is 0.219. The number of anilines is 1. The first-order valence-electron chi connectivity index (χ1n) is 10.4. The summed E-state index contributed by atoms with van der Waals surface area (Å²) in [5.74, 6) is -2.32. The number of aromatic nitrogens is 2. The molecular weight excluding hydrogens is 507 g/mol. The zero-order valence-corrected chi connectivity index (χ0v) is 19.8. The molecule has 0 spiro atoms. The quantitative estimate of drug-likeness (QED) is 0.408. The Morgan fingerprint density at radius 2 is 2.11 bits per heavy atom. The Balaban J connectivity index is 1.39. The predicted octanol–water partition coefficient (Wildman–Crippen LogP) is 3.90. The molecule has 3 heterocycles. The van der Waals surface area contributed by atoms with E-state index in [1.54, 1.807) is 18.2 Å². The smallest absolute Gasteiger partial charge is 0.413 e. The van der Waals surface area contributed by atoms with Gasteiger partial charge in [-0.25, -0.2) is 22.9 Å². The molecule has 1 aliphatic heterocycles. The van der Waals surface area contributed by atoms with Crippen molar-refractivity contribution in [3.63, 3.8) is 0 Å². The molecule has 1 saturated heterocycles. The van der Waals surface area contributed by atoms with Gasteiger partial charge in [0, 0.05) is 24.1 Å². The van der Waals surface area contributed by atoms with Crippen LogP contribution in [0.2, 0.25) is 0 Å². The molecule has 1 fully saturated rings. The number of carbonyl (C=O) groups excluding carboxylic acids is 1. The van der Waals surface area contributed by atoms with Crippen LogP contribution in [-0.2, 0) is 25.2 Å². The van der Waals surface area contributed by atoms with Crippen molar-refractivity contribution in [1.29, 1.82) is 0 Å². The zero-order valence-electron chi connectivity index (χ0n) is 18.9. The van der Waals surface area contributed by atoms with Crippen molar-refractivity contribution >= 4 is 31.6 Å². The van der Waals surface area contributed by atoms with Gasteiger partial charge in [0.25, 0.3) is 5.92 Å². The number of methoxy groups -OCH3 is 2. The molecule has 192 valence electrons. The van der Waals surface area contributed by atoms with Gasteiger partial charge in [-0.1, -0.05) is 0 Å². The number of alkyl halides is 2. The molecule has 2 atom stereocenters. The number of benzene rings is 1. The van der Waals surface area contributed by atoms with Crippen molar-refractivity contribution in [3.8, 4) is 11.5 Å². The summed E-state index contributed by atoms with van der Waals surface area (Å²) in [5, 5.41) is 2.92. The molecular formula is C21H20F2N3O9P. The third kappa shape index (κ3) is 5.45. The fraction of sp³-hybridized carbons (Fsp3) is 0.381. The second-order valence-corrected chi connectivity index (χ2v) is 8.02. The van der Waals surface area contributed by atoms with E-state index in [0.29, 0.717) is 32.8 Å². The number of halogens is 2. The van der Waals surface area contributed by atoms with Gasteiger partial charge in [-0.3, -0.25) is 14.4 Å². The van der Waals surface area contributed by atoms with Crippen LogP contribution in [0.3, 0.4) is 0 Å². The van der Waals surface area contributed by atoms with Crippen molar-refractivity contribution in [2.24, 2.45) is 0 Å². The Morgan fingerprint density at radius 3 is 2.81 bits per heavy atom. The van der Waals surface area contributed by atoms with Crippen molar-refractivity contribution in [2.75, 3.05) is 26.1 Å². The molecule has 1 N–H and O–H groups in total. The second kappa shape index (κ2) is 10.6. The number of fused-ring (bicyclic) bond motifs is 1. The summed E-state index contributed by atoms with van der Waals surface area (Å²) in [5.41, 5.74) is -0.644. The van der Waals surface area contributed by atoms with E-state index in [4.69, 9.17) is 23.4 Å². The average Bonchev–Trinajstić information content (AvgIpc) is 3.40. The van der Waals surface area contributed by atoms with Crippen LogP contribution >= 0.6 is 8.69 Å². The first-order valence-corrected chi connectivity index (χ1v) is 11.1. The highest BCUT2D eigenvalue weighted by Crippen LogP contribution is 2.42. The number of rotatable bonds is 9. The van der Waals surface area contributed by atoms with Crippen LogP contribution < -0.4 is 20.5 Å². The van der Waals surface area contributed by atoms with Gasteiger partial charge in [0.2, 0.25) is 6.23 Å². The largest absolute Gasteiger partial charge is 0.497 e. The van der Waals surface area contributed by atoms with E-state index in [1.165, 1.54) is 14.2 Å². The van der Waals surface area contributed by atoms with Crippen molar-refractivity contribution in [2.45, 2.75) is 31.3 Å². The van der Waals surface area contributed by atoms with Gasteiger partial charge in [0.1, 0.15) is 17.3 Å². The summed E-state index contributed by atoms with van der Waals surface area (Å²) < 4.78 is 70.6. The molecule has 4 rings (SSSR count). The van der Waals surface area contributed by atoms with Gasteiger partial charge >= 0.3 is 20.5 Å². The minimum Gasteiger partial charge on any atom is -0.497 e. The number of nitrogens with zero attached hydrogens (tertiary/aromatic N) is 2. The van der Waals surface area contributed by atoms with Gasteiger partial charge in [0.05, 0.1) is 26.9 Å². The molecule has 0 aliphatic carbocycles. The second-order valence-electron chi connectivity index (χ2n) is 7.61. The van der Waals surface area contributed by atoms with Gasteiger partial charge in [-0.15, -0.1) is 0 Å². The first-order chi connectivity index (χ1) is 17.2.